The minimum Gasteiger partial charge on any atom is -0.399 e. The smallest absolute Gasteiger partial charge is 0.204 e. The van der Waals surface area contributed by atoms with E-state index in [9.17, 15) is 15.8 Å². The molecule has 0 aromatic carbocycles. The van der Waals surface area contributed by atoms with Gasteiger partial charge in [-0.05, 0) is 37.2 Å². The SMILES string of the molecule is N#CC1=C(N)C(C#N)(C#N)C2=CCCC2C12CCCCC2. The van der Waals surface area contributed by atoms with Gasteiger partial charge in [0.25, 0.3) is 0 Å². The van der Waals surface area contributed by atoms with E-state index in [2.05, 4.69) is 18.2 Å². The van der Waals surface area contributed by atoms with Crippen molar-refractivity contribution in [3.8, 4) is 18.2 Å². The van der Waals surface area contributed by atoms with Gasteiger partial charge in [-0.15, -0.1) is 0 Å². The Morgan fingerprint density at radius 1 is 1.10 bits per heavy atom. The highest BCUT2D eigenvalue weighted by molar-refractivity contribution is 5.57. The van der Waals surface area contributed by atoms with Gasteiger partial charge in [-0.1, -0.05) is 25.3 Å². The Morgan fingerprint density at radius 2 is 1.76 bits per heavy atom. The predicted molar refractivity (Wildman–Crippen MR) is 76.8 cm³/mol. The predicted octanol–water partition coefficient (Wildman–Crippen LogP) is 3.06. The van der Waals surface area contributed by atoms with Crippen molar-refractivity contribution in [2.24, 2.45) is 22.5 Å². The van der Waals surface area contributed by atoms with E-state index >= 15 is 0 Å². The highest BCUT2D eigenvalue weighted by Crippen LogP contribution is 2.62. The third kappa shape index (κ3) is 1.52. The molecule has 0 aromatic rings. The second-order valence-corrected chi connectivity index (χ2v) is 6.38. The fourth-order valence-corrected chi connectivity index (χ4v) is 4.70. The number of allylic oxidation sites excluding steroid dienone is 3. The van der Waals surface area contributed by atoms with E-state index in [-0.39, 0.29) is 17.0 Å². The van der Waals surface area contributed by atoms with Crippen molar-refractivity contribution >= 4 is 0 Å². The van der Waals surface area contributed by atoms with Crippen LogP contribution in [-0.2, 0) is 0 Å². The molecule has 0 saturated heterocycles. The van der Waals surface area contributed by atoms with Gasteiger partial charge < -0.3 is 5.73 Å². The Labute approximate surface area is 125 Å². The lowest BCUT2D eigenvalue weighted by molar-refractivity contribution is 0.148. The van der Waals surface area contributed by atoms with E-state index in [0.717, 1.165) is 44.1 Å². The van der Waals surface area contributed by atoms with Crippen molar-refractivity contribution in [3.05, 3.63) is 22.9 Å². The molecule has 3 aliphatic carbocycles. The molecule has 0 amide bonds. The average molecular weight is 278 g/mol. The Hall–Kier alpha value is -2.25. The topological polar surface area (TPSA) is 97.4 Å². The fraction of sp³-hybridized carbons (Fsp3) is 0.588. The normalized spacial score (nSPS) is 29.0. The second-order valence-electron chi connectivity index (χ2n) is 6.38. The van der Waals surface area contributed by atoms with Crippen LogP contribution in [-0.4, -0.2) is 0 Å². The summed E-state index contributed by atoms with van der Waals surface area (Å²) in [4.78, 5) is 0. The van der Waals surface area contributed by atoms with Crippen LogP contribution in [0, 0.1) is 50.7 Å². The monoisotopic (exact) mass is 278 g/mol. The molecule has 0 radical (unpaired) electrons. The molecule has 1 unspecified atom stereocenters. The summed E-state index contributed by atoms with van der Waals surface area (Å²) in [6.07, 6.45) is 9.10. The zero-order valence-electron chi connectivity index (χ0n) is 12.0. The van der Waals surface area contributed by atoms with Crippen LogP contribution in [0.3, 0.4) is 0 Å². The summed E-state index contributed by atoms with van der Waals surface area (Å²) in [6, 6.07) is 6.50. The summed E-state index contributed by atoms with van der Waals surface area (Å²) in [6.45, 7) is 0. The molecular weight excluding hydrogens is 260 g/mol. The van der Waals surface area contributed by atoms with Crippen LogP contribution in [0.15, 0.2) is 22.9 Å². The van der Waals surface area contributed by atoms with Gasteiger partial charge in [0.1, 0.15) is 0 Å². The molecule has 21 heavy (non-hydrogen) atoms. The van der Waals surface area contributed by atoms with Gasteiger partial charge in [-0.3, -0.25) is 0 Å². The second kappa shape index (κ2) is 4.64. The van der Waals surface area contributed by atoms with Crippen molar-refractivity contribution in [1.29, 1.82) is 15.8 Å². The summed E-state index contributed by atoms with van der Waals surface area (Å²) >= 11 is 0. The molecule has 1 atom stereocenters. The minimum absolute atomic E-state index is 0.138. The standard InChI is InChI=1S/C17H18N4/c18-9-14-15(21)17(10-19,11-20)13-6-4-5-12(13)16(14)7-2-1-3-8-16/h6,12H,1-5,7-8,21H2. The van der Waals surface area contributed by atoms with Gasteiger partial charge in [0.05, 0.1) is 29.5 Å². The number of nitrogens with two attached hydrogens (primary N) is 1. The largest absolute Gasteiger partial charge is 0.399 e. The summed E-state index contributed by atoms with van der Waals surface area (Å²) in [5, 5.41) is 28.9. The Balaban J connectivity index is 2.29. The molecule has 1 fully saturated rings. The first-order valence-corrected chi connectivity index (χ1v) is 7.60. The van der Waals surface area contributed by atoms with Crippen molar-refractivity contribution in [2.75, 3.05) is 0 Å². The van der Waals surface area contributed by atoms with Crippen LogP contribution in [0.1, 0.15) is 44.9 Å². The maximum atomic E-state index is 9.70. The van der Waals surface area contributed by atoms with Crippen LogP contribution >= 0.6 is 0 Å². The third-order valence-electron chi connectivity index (χ3n) is 5.66. The zero-order chi connectivity index (χ0) is 15.1. The molecule has 0 aliphatic heterocycles. The number of nitrogens with zero attached hydrogens (tertiary/aromatic N) is 3. The molecule has 1 spiro atoms. The molecule has 0 bridgehead atoms. The number of rotatable bonds is 0. The first-order chi connectivity index (χ1) is 10.2. The van der Waals surface area contributed by atoms with E-state index in [1.165, 1.54) is 6.42 Å². The van der Waals surface area contributed by atoms with Crippen LogP contribution < -0.4 is 5.73 Å². The first-order valence-electron chi connectivity index (χ1n) is 7.60. The molecule has 3 rings (SSSR count). The molecule has 1 saturated carbocycles. The lowest BCUT2D eigenvalue weighted by Gasteiger charge is -2.49. The van der Waals surface area contributed by atoms with Crippen LogP contribution in [0.4, 0.5) is 0 Å². The Morgan fingerprint density at radius 3 is 2.33 bits per heavy atom. The van der Waals surface area contributed by atoms with Gasteiger partial charge in [0.15, 0.2) is 0 Å². The van der Waals surface area contributed by atoms with Crippen LogP contribution in [0.2, 0.25) is 0 Å². The van der Waals surface area contributed by atoms with Gasteiger partial charge in [-0.2, -0.15) is 15.8 Å². The summed E-state index contributed by atoms with van der Waals surface area (Å²) in [7, 11) is 0. The molecule has 4 heteroatoms. The van der Waals surface area contributed by atoms with Crippen LogP contribution in [0.5, 0.6) is 0 Å². The molecule has 0 aromatic heterocycles. The van der Waals surface area contributed by atoms with E-state index < -0.39 is 5.41 Å². The van der Waals surface area contributed by atoms with Crippen molar-refractivity contribution in [2.45, 2.75) is 44.9 Å². The summed E-state index contributed by atoms with van der Waals surface area (Å²) in [5.41, 5.74) is 6.16. The molecule has 0 heterocycles. The quantitative estimate of drug-likeness (QED) is 0.688. The molecule has 2 N–H and O–H groups in total. The van der Waals surface area contributed by atoms with E-state index in [1.54, 1.807) is 0 Å². The number of fused-ring (bicyclic) bond motifs is 2. The highest BCUT2D eigenvalue weighted by Gasteiger charge is 2.58. The lowest BCUT2D eigenvalue weighted by atomic mass is 9.52. The first kappa shape index (κ1) is 13.7. The molecular formula is C17H18N4. The van der Waals surface area contributed by atoms with Crippen LogP contribution in [0.25, 0.3) is 0 Å². The number of hydrogen-bond donors (Lipinski definition) is 1. The van der Waals surface area contributed by atoms with Gasteiger partial charge in [0.2, 0.25) is 5.41 Å². The third-order valence-corrected chi connectivity index (χ3v) is 5.66. The van der Waals surface area contributed by atoms with Crippen molar-refractivity contribution < 1.29 is 0 Å². The molecule has 106 valence electrons. The van der Waals surface area contributed by atoms with Crippen molar-refractivity contribution in [1.82, 2.24) is 0 Å². The fourth-order valence-electron chi connectivity index (χ4n) is 4.70. The summed E-state index contributed by atoms with van der Waals surface area (Å²) < 4.78 is 0. The maximum absolute atomic E-state index is 9.70. The minimum atomic E-state index is -1.42. The highest BCUT2D eigenvalue weighted by atomic mass is 14.7. The zero-order valence-corrected chi connectivity index (χ0v) is 12.0. The average Bonchev–Trinajstić information content (AvgIpc) is 3.01. The van der Waals surface area contributed by atoms with E-state index in [0.29, 0.717) is 5.57 Å². The van der Waals surface area contributed by atoms with Gasteiger partial charge >= 0.3 is 0 Å². The van der Waals surface area contributed by atoms with Gasteiger partial charge in [0, 0.05) is 5.41 Å². The Kier molecular flexibility index (Phi) is 3.03. The lowest BCUT2D eigenvalue weighted by Crippen LogP contribution is -2.46. The molecule has 3 aliphatic rings. The van der Waals surface area contributed by atoms with Gasteiger partial charge in [-0.25, -0.2) is 0 Å². The van der Waals surface area contributed by atoms with E-state index in [4.69, 9.17) is 5.73 Å². The number of nitriles is 3. The van der Waals surface area contributed by atoms with E-state index in [1.807, 2.05) is 6.08 Å². The summed E-state index contributed by atoms with van der Waals surface area (Å²) in [5.74, 6) is 0.138. The molecule has 4 nitrogen and oxygen atoms in total. The maximum Gasteiger partial charge on any atom is 0.204 e. The Bertz CT molecular complexity index is 642. The number of hydrogen-bond acceptors (Lipinski definition) is 4. The van der Waals surface area contributed by atoms with Crippen molar-refractivity contribution in [3.63, 3.8) is 0 Å².